The number of fused-ring (bicyclic) bond motifs is 14. The van der Waals surface area contributed by atoms with Gasteiger partial charge in [0.25, 0.3) is 0 Å². The van der Waals surface area contributed by atoms with Crippen LogP contribution in [0.15, 0.2) is 417 Å². The van der Waals surface area contributed by atoms with E-state index in [-0.39, 0.29) is 0 Å². The number of nitrogens with zero attached hydrogens (tertiary/aromatic N) is 8. The molecule has 24 rings (SSSR count). The molecule has 0 bridgehead atoms. The zero-order valence-electron chi connectivity index (χ0n) is 63.7. The highest BCUT2D eigenvalue weighted by Crippen LogP contribution is 2.61. The monoisotopic (exact) mass is 1520 g/mol. The first-order chi connectivity index (χ1) is 58.5. The Morgan fingerprint density at radius 2 is 0.610 bits per heavy atom. The summed E-state index contributed by atoms with van der Waals surface area (Å²) < 4.78 is 12.0. The number of benzene rings is 16. The maximum atomic E-state index is 6.13. The number of rotatable bonds is 12. The SMILES string of the molecule is c1ccc(-n2c3ccccc3c3cc(-c4nc(-c5ccc(-c6nc7ccccc7o6)cc5)nc5c4C(c4ccccc4)(c4ccccc4)c4ccccc4-5)ccc32)cc1.c1ccc(-n2c3ccccc3c3cc(-c4nc(-c5ccc(-c6nc7ccccc7s6)cc5)nc5c4C(c4ccccc4)(c4ccccc4)c4ccccc4-5)ccc32)cc1. The lowest BCUT2D eigenvalue weighted by atomic mass is 9.67. The van der Waals surface area contributed by atoms with Crippen LogP contribution < -0.4 is 0 Å². The summed E-state index contributed by atoms with van der Waals surface area (Å²) in [5.41, 5.74) is 29.2. The third-order valence-corrected chi connectivity index (χ3v) is 24.9. The molecule has 0 radical (unpaired) electrons. The minimum Gasteiger partial charge on any atom is -0.436 e. The Labute approximate surface area is 684 Å². The Morgan fingerprint density at radius 3 is 1.07 bits per heavy atom. The van der Waals surface area contributed by atoms with Gasteiger partial charge in [0, 0.05) is 88.6 Å². The van der Waals surface area contributed by atoms with Gasteiger partial charge in [-0.05, 0) is 130 Å². The molecule has 6 heterocycles. The summed E-state index contributed by atoms with van der Waals surface area (Å²) in [5.74, 6) is 1.93. The standard InChI is InChI=1S/C54H34N4O.C54H34N4S/c2*1-4-16-38(17-5-1)54(39-18-6-2-7-19-39)44-24-12-10-23-42(44)51-49(54)50(56-52(57-51)35-28-30-36(31-29-35)53-55-45-25-13-15-27-48(45)59-53)37-32-33-47-43(34-37)41-22-11-14-26-46(41)58(47)40-20-8-3-9-21-40/h2*1-34H. The van der Waals surface area contributed by atoms with Crippen molar-refractivity contribution in [3.63, 3.8) is 0 Å². The predicted octanol–water partition coefficient (Wildman–Crippen LogP) is 26.6. The van der Waals surface area contributed by atoms with Gasteiger partial charge in [-0.25, -0.2) is 29.9 Å². The van der Waals surface area contributed by atoms with Crippen LogP contribution in [0.1, 0.15) is 44.5 Å². The molecule has 22 aromatic rings. The zero-order chi connectivity index (χ0) is 77.8. The molecule has 552 valence electrons. The van der Waals surface area contributed by atoms with Crippen molar-refractivity contribution in [1.29, 1.82) is 0 Å². The fourth-order valence-electron chi connectivity index (χ4n) is 18.8. The molecule has 9 nitrogen and oxygen atoms in total. The summed E-state index contributed by atoms with van der Waals surface area (Å²) in [4.78, 5) is 32.1. The van der Waals surface area contributed by atoms with Crippen molar-refractivity contribution in [2.45, 2.75) is 10.8 Å². The molecule has 2 aliphatic rings. The van der Waals surface area contributed by atoms with Gasteiger partial charge >= 0.3 is 0 Å². The van der Waals surface area contributed by atoms with E-state index in [1.165, 1.54) is 65.1 Å². The van der Waals surface area contributed by atoms with E-state index in [1.807, 2.05) is 42.5 Å². The zero-order valence-corrected chi connectivity index (χ0v) is 64.5. The molecule has 0 saturated heterocycles. The maximum absolute atomic E-state index is 6.13. The van der Waals surface area contributed by atoms with Crippen LogP contribution in [0.3, 0.4) is 0 Å². The number of thiazole rings is 1. The van der Waals surface area contributed by atoms with Gasteiger partial charge in [0.1, 0.15) is 10.5 Å². The number of para-hydroxylation sites is 7. The van der Waals surface area contributed by atoms with Crippen LogP contribution in [0, 0.1) is 0 Å². The van der Waals surface area contributed by atoms with Gasteiger partial charge in [0.05, 0.1) is 65.9 Å². The van der Waals surface area contributed by atoms with E-state index in [0.29, 0.717) is 17.5 Å². The number of hydrogen-bond donors (Lipinski definition) is 0. The van der Waals surface area contributed by atoms with Crippen LogP contribution in [0.25, 0.3) is 166 Å². The molecule has 0 aliphatic heterocycles. The Bertz CT molecular complexity index is 7050. The van der Waals surface area contributed by atoms with E-state index in [4.69, 9.17) is 34.3 Å². The summed E-state index contributed by atoms with van der Waals surface area (Å²) in [5, 5.41) is 5.73. The second-order valence-electron chi connectivity index (χ2n) is 30.3. The van der Waals surface area contributed by atoms with Crippen molar-refractivity contribution in [3.05, 3.63) is 457 Å². The van der Waals surface area contributed by atoms with Crippen LogP contribution in [0.2, 0.25) is 0 Å². The minimum absolute atomic E-state index is 0.584. The summed E-state index contributed by atoms with van der Waals surface area (Å²) in [6, 6.07) is 146. The molecule has 6 aromatic heterocycles. The largest absolute Gasteiger partial charge is 0.436 e. The van der Waals surface area contributed by atoms with Gasteiger partial charge in [-0.2, -0.15) is 0 Å². The van der Waals surface area contributed by atoms with Gasteiger partial charge in [0.2, 0.25) is 5.89 Å². The van der Waals surface area contributed by atoms with E-state index in [9.17, 15) is 0 Å². The fraction of sp³-hybridized carbons (Fsp3) is 0.0185. The smallest absolute Gasteiger partial charge is 0.227 e. The van der Waals surface area contributed by atoms with Gasteiger partial charge in [-0.15, -0.1) is 11.3 Å². The fourth-order valence-corrected chi connectivity index (χ4v) is 19.7. The molecule has 0 fully saturated rings. The summed E-state index contributed by atoms with van der Waals surface area (Å²) in [6.45, 7) is 0. The molecule has 0 saturated carbocycles. The molecular formula is C108H68N8OS. The van der Waals surface area contributed by atoms with Crippen molar-refractivity contribution < 1.29 is 4.42 Å². The molecule has 118 heavy (non-hydrogen) atoms. The Morgan fingerprint density at radius 1 is 0.254 bits per heavy atom. The molecule has 16 aromatic carbocycles. The van der Waals surface area contributed by atoms with Gasteiger partial charge < -0.3 is 13.6 Å². The van der Waals surface area contributed by atoms with Gasteiger partial charge in [-0.1, -0.05) is 315 Å². The Hall–Kier alpha value is -15.4. The molecule has 0 amide bonds. The molecule has 2 aliphatic carbocycles. The van der Waals surface area contributed by atoms with Gasteiger partial charge in [-0.3, -0.25) is 0 Å². The van der Waals surface area contributed by atoms with E-state index >= 15 is 0 Å². The summed E-state index contributed by atoms with van der Waals surface area (Å²) in [7, 11) is 0. The minimum atomic E-state index is -0.688. The highest BCUT2D eigenvalue weighted by Gasteiger charge is 2.51. The first kappa shape index (κ1) is 68.3. The second-order valence-corrected chi connectivity index (χ2v) is 31.3. The average molecular weight is 1530 g/mol. The molecule has 10 heteroatoms. The third kappa shape index (κ3) is 10.8. The van der Waals surface area contributed by atoms with Crippen molar-refractivity contribution in [3.8, 4) is 101 Å². The van der Waals surface area contributed by atoms with Crippen LogP contribution in [-0.2, 0) is 10.8 Å². The predicted molar refractivity (Wildman–Crippen MR) is 481 cm³/mol. The summed E-state index contributed by atoms with van der Waals surface area (Å²) >= 11 is 1.71. The topological polar surface area (TPSA) is 100 Å². The lowest BCUT2D eigenvalue weighted by Gasteiger charge is -2.34. The third-order valence-electron chi connectivity index (χ3n) is 23.9. The number of aromatic nitrogens is 8. The average Bonchev–Trinajstić information content (AvgIpc) is 1.52. The first-order valence-electron chi connectivity index (χ1n) is 39.9. The molecule has 0 unspecified atom stereocenters. The molecule has 0 atom stereocenters. The van der Waals surface area contributed by atoms with E-state index in [1.54, 1.807) is 11.3 Å². The maximum Gasteiger partial charge on any atom is 0.227 e. The van der Waals surface area contributed by atoms with E-state index < -0.39 is 10.8 Å². The molecule has 0 spiro atoms. The van der Waals surface area contributed by atoms with E-state index in [0.717, 1.165) is 128 Å². The van der Waals surface area contributed by atoms with Crippen molar-refractivity contribution in [1.82, 2.24) is 39.0 Å². The molecular weight excluding hydrogens is 1460 g/mol. The Kier molecular flexibility index (Phi) is 16.0. The van der Waals surface area contributed by atoms with Crippen molar-refractivity contribution >= 4 is 76.3 Å². The lowest BCUT2D eigenvalue weighted by molar-refractivity contribution is 0.620. The second kappa shape index (κ2) is 27.7. The number of hydrogen-bond acceptors (Lipinski definition) is 8. The van der Waals surface area contributed by atoms with Crippen LogP contribution >= 0.6 is 11.3 Å². The number of oxazole rings is 1. The quantitative estimate of drug-likeness (QED) is 0.120. The van der Waals surface area contributed by atoms with Crippen LogP contribution in [0.5, 0.6) is 0 Å². The molecule has 0 N–H and O–H groups in total. The van der Waals surface area contributed by atoms with Crippen molar-refractivity contribution in [2.75, 3.05) is 0 Å². The first-order valence-corrected chi connectivity index (χ1v) is 40.7. The highest BCUT2D eigenvalue weighted by molar-refractivity contribution is 7.21. The van der Waals surface area contributed by atoms with Crippen LogP contribution in [-0.4, -0.2) is 39.0 Å². The highest BCUT2D eigenvalue weighted by atomic mass is 32.1. The summed E-state index contributed by atoms with van der Waals surface area (Å²) in [6.07, 6.45) is 0. The lowest BCUT2D eigenvalue weighted by Crippen LogP contribution is -2.29. The van der Waals surface area contributed by atoms with E-state index in [2.05, 4.69) is 379 Å². The normalized spacial score (nSPS) is 12.9. The van der Waals surface area contributed by atoms with Gasteiger partial charge in [0.15, 0.2) is 17.2 Å². The van der Waals surface area contributed by atoms with Crippen LogP contribution in [0.4, 0.5) is 0 Å². The Balaban J connectivity index is 0.000000138. The van der Waals surface area contributed by atoms with Crippen molar-refractivity contribution in [2.24, 2.45) is 0 Å².